The predicted octanol–water partition coefficient (Wildman–Crippen LogP) is 2.58. The van der Waals surface area contributed by atoms with Crippen molar-refractivity contribution >= 4 is 0 Å². The van der Waals surface area contributed by atoms with Gasteiger partial charge in [0.1, 0.15) is 23.7 Å². The molecule has 2 heterocycles. The third-order valence-corrected chi connectivity index (χ3v) is 2.92. The zero-order valence-electron chi connectivity index (χ0n) is 12.9. The van der Waals surface area contributed by atoms with E-state index in [9.17, 15) is 0 Å². The van der Waals surface area contributed by atoms with Crippen LogP contribution in [-0.2, 0) is 14.2 Å². The molecule has 0 aliphatic carbocycles. The summed E-state index contributed by atoms with van der Waals surface area (Å²) in [5, 5.41) is 17.3. The first-order valence-corrected chi connectivity index (χ1v) is 7.53. The number of aromatic hydroxyl groups is 2. The minimum Gasteiger partial charge on any atom is -0.508 e. The third-order valence-electron chi connectivity index (χ3n) is 2.92. The Labute approximate surface area is 136 Å². The van der Waals surface area contributed by atoms with Crippen molar-refractivity contribution in [2.75, 3.05) is 26.4 Å². The maximum absolute atomic E-state index is 8.63. The van der Waals surface area contributed by atoms with Gasteiger partial charge >= 0.3 is 0 Å². The molecule has 2 atom stereocenters. The molecule has 2 aliphatic rings. The SMILES string of the molecule is C(OCC1CO1)C1CO1.Oc1ccccc1.Oc1ccccc1. The molecule has 0 radical (unpaired) electrons. The standard InChI is InChI=1S/C6H10O3.2C6H6O/c1(5-3-8-5)7-2-6-4-9-6;2*7-6-4-2-1-3-5-6/h5-6H,1-4H2;2*1-5,7H. The van der Waals surface area contributed by atoms with Crippen molar-refractivity contribution in [3.05, 3.63) is 60.7 Å². The molecular formula is C18H22O5. The van der Waals surface area contributed by atoms with E-state index in [0.29, 0.717) is 23.7 Å². The van der Waals surface area contributed by atoms with Gasteiger partial charge in [0.25, 0.3) is 0 Å². The number of ether oxygens (including phenoxy) is 3. The van der Waals surface area contributed by atoms with Crippen LogP contribution in [-0.4, -0.2) is 48.8 Å². The monoisotopic (exact) mass is 318 g/mol. The molecule has 2 N–H and O–H groups in total. The lowest BCUT2D eigenvalue weighted by Crippen LogP contribution is -2.06. The number of phenolic OH excluding ortho intramolecular Hbond substituents is 2. The van der Waals surface area contributed by atoms with Crippen LogP contribution >= 0.6 is 0 Å². The van der Waals surface area contributed by atoms with Gasteiger partial charge in [0.15, 0.2) is 0 Å². The van der Waals surface area contributed by atoms with E-state index in [2.05, 4.69) is 0 Å². The van der Waals surface area contributed by atoms with E-state index >= 15 is 0 Å². The van der Waals surface area contributed by atoms with Gasteiger partial charge in [-0.2, -0.15) is 0 Å². The quantitative estimate of drug-likeness (QED) is 0.848. The van der Waals surface area contributed by atoms with Crippen molar-refractivity contribution in [1.82, 2.24) is 0 Å². The first-order chi connectivity index (χ1) is 11.2. The van der Waals surface area contributed by atoms with Gasteiger partial charge in [0.05, 0.1) is 26.4 Å². The molecule has 2 saturated heterocycles. The van der Waals surface area contributed by atoms with Crippen LogP contribution < -0.4 is 0 Å². The highest BCUT2D eigenvalue weighted by molar-refractivity contribution is 5.19. The molecule has 2 aliphatic heterocycles. The minimum atomic E-state index is 0.322. The summed E-state index contributed by atoms with van der Waals surface area (Å²) in [4.78, 5) is 0. The topological polar surface area (TPSA) is 74.8 Å². The minimum absolute atomic E-state index is 0.322. The number of benzene rings is 2. The summed E-state index contributed by atoms with van der Waals surface area (Å²) >= 11 is 0. The van der Waals surface area contributed by atoms with Crippen LogP contribution in [0.4, 0.5) is 0 Å². The molecule has 0 spiro atoms. The summed E-state index contributed by atoms with van der Waals surface area (Å²) in [5.41, 5.74) is 0. The van der Waals surface area contributed by atoms with E-state index < -0.39 is 0 Å². The fraction of sp³-hybridized carbons (Fsp3) is 0.333. The average molecular weight is 318 g/mol. The second-order valence-electron chi connectivity index (χ2n) is 5.12. The van der Waals surface area contributed by atoms with Crippen molar-refractivity contribution in [2.45, 2.75) is 12.2 Å². The largest absolute Gasteiger partial charge is 0.508 e. The van der Waals surface area contributed by atoms with Crippen LogP contribution in [0, 0.1) is 0 Å². The molecule has 23 heavy (non-hydrogen) atoms. The van der Waals surface area contributed by atoms with Crippen LogP contribution in [0.15, 0.2) is 60.7 Å². The zero-order chi connectivity index (χ0) is 16.3. The number of hydrogen-bond donors (Lipinski definition) is 2. The Morgan fingerprint density at radius 2 is 1.09 bits per heavy atom. The summed E-state index contributed by atoms with van der Waals surface area (Å²) < 4.78 is 15.1. The third kappa shape index (κ3) is 9.52. The van der Waals surface area contributed by atoms with Crippen molar-refractivity contribution in [3.63, 3.8) is 0 Å². The average Bonchev–Trinajstić information content (AvgIpc) is 3.46. The number of rotatable bonds is 4. The molecule has 2 aromatic carbocycles. The van der Waals surface area contributed by atoms with Crippen LogP contribution in [0.5, 0.6) is 11.5 Å². The molecule has 0 aromatic heterocycles. The first kappa shape index (κ1) is 17.3. The smallest absolute Gasteiger partial charge is 0.115 e. The molecular weight excluding hydrogens is 296 g/mol. The van der Waals surface area contributed by atoms with Gasteiger partial charge in [-0.3, -0.25) is 0 Å². The Bertz CT molecular complexity index is 474. The molecule has 2 unspecified atom stereocenters. The van der Waals surface area contributed by atoms with Crippen molar-refractivity contribution in [1.29, 1.82) is 0 Å². The van der Waals surface area contributed by atoms with E-state index in [4.69, 9.17) is 24.4 Å². The second kappa shape index (κ2) is 9.84. The molecule has 124 valence electrons. The number of epoxide rings is 2. The Morgan fingerprint density at radius 3 is 1.30 bits per heavy atom. The Morgan fingerprint density at radius 1 is 0.739 bits per heavy atom. The maximum atomic E-state index is 8.63. The lowest BCUT2D eigenvalue weighted by Gasteiger charge is -1.95. The molecule has 5 heteroatoms. The Hall–Kier alpha value is -2.08. The van der Waals surface area contributed by atoms with Crippen LogP contribution in [0.25, 0.3) is 0 Å². The summed E-state index contributed by atoms with van der Waals surface area (Å²) in [7, 11) is 0. The number of para-hydroxylation sites is 2. The van der Waals surface area contributed by atoms with E-state index in [1.807, 2.05) is 12.1 Å². The van der Waals surface area contributed by atoms with Crippen molar-refractivity contribution < 1.29 is 24.4 Å². The first-order valence-electron chi connectivity index (χ1n) is 7.53. The van der Waals surface area contributed by atoms with Gasteiger partial charge in [-0.15, -0.1) is 0 Å². The van der Waals surface area contributed by atoms with Gasteiger partial charge in [-0.25, -0.2) is 0 Å². The molecule has 0 amide bonds. The summed E-state index contributed by atoms with van der Waals surface area (Å²) in [6, 6.07) is 17.4. The predicted molar refractivity (Wildman–Crippen MR) is 86.5 cm³/mol. The fourth-order valence-electron chi connectivity index (χ4n) is 1.52. The molecule has 0 saturated carbocycles. The van der Waals surface area contributed by atoms with E-state index in [0.717, 1.165) is 26.4 Å². The van der Waals surface area contributed by atoms with Crippen LogP contribution in [0.3, 0.4) is 0 Å². The Kier molecular flexibility index (Phi) is 7.39. The van der Waals surface area contributed by atoms with Crippen LogP contribution in [0.2, 0.25) is 0 Å². The molecule has 2 aromatic rings. The van der Waals surface area contributed by atoms with Gasteiger partial charge in [-0.1, -0.05) is 36.4 Å². The van der Waals surface area contributed by atoms with Gasteiger partial charge < -0.3 is 24.4 Å². The highest BCUT2D eigenvalue weighted by Gasteiger charge is 2.26. The lowest BCUT2D eigenvalue weighted by molar-refractivity contribution is 0.102. The maximum Gasteiger partial charge on any atom is 0.115 e. The number of phenols is 2. The highest BCUT2D eigenvalue weighted by atomic mass is 16.6. The van der Waals surface area contributed by atoms with Crippen molar-refractivity contribution in [2.24, 2.45) is 0 Å². The normalized spacial score (nSPS) is 20.3. The lowest BCUT2D eigenvalue weighted by atomic mass is 10.3. The summed E-state index contributed by atoms with van der Waals surface area (Å²) in [6.07, 6.45) is 0.785. The van der Waals surface area contributed by atoms with E-state index in [1.165, 1.54) is 0 Å². The van der Waals surface area contributed by atoms with Gasteiger partial charge in [0.2, 0.25) is 0 Å². The summed E-state index contributed by atoms with van der Waals surface area (Å²) in [6.45, 7) is 3.26. The second-order valence-corrected chi connectivity index (χ2v) is 5.12. The van der Waals surface area contributed by atoms with Gasteiger partial charge in [-0.05, 0) is 24.3 Å². The number of hydrogen-bond acceptors (Lipinski definition) is 5. The fourth-order valence-corrected chi connectivity index (χ4v) is 1.52. The van der Waals surface area contributed by atoms with Crippen LogP contribution in [0.1, 0.15) is 0 Å². The van der Waals surface area contributed by atoms with E-state index in [1.54, 1.807) is 48.5 Å². The Balaban J connectivity index is 0.000000127. The van der Waals surface area contributed by atoms with E-state index in [-0.39, 0.29) is 0 Å². The van der Waals surface area contributed by atoms with Crippen molar-refractivity contribution in [3.8, 4) is 11.5 Å². The molecule has 0 bridgehead atoms. The highest BCUT2D eigenvalue weighted by Crippen LogP contribution is 2.12. The molecule has 5 nitrogen and oxygen atoms in total. The summed E-state index contributed by atoms with van der Waals surface area (Å²) in [5.74, 6) is 0.644. The molecule has 2 fully saturated rings. The zero-order valence-corrected chi connectivity index (χ0v) is 12.9. The molecule has 4 rings (SSSR count). The van der Waals surface area contributed by atoms with Gasteiger partial charge in [0, 0.05) is 0 Å².